The van der Waals surface area contributed by atoms with Gasteiger partial charge in [-0.25, -0.2) is 9.59 Å². The first-order valence-corrected chi connectivity index (χ1v) is 10.3. The zero-order chi connectivity index (χ0) is 20.8. The maximum absolute atomic E-state index is 9.55. The average Bonchev–Trinajstić information content (AvgIpc) is 3.11. The van der Waals surface area contributed by atoms with Crippen LogP contribution in [-0.4, -0.2) is 55.4 Å². The molecule has 0 bridgehead atoms. The summed E-state index contributed by atoms with van der Waals surface area (Å²) in [6.45, 7) is 3.87. The predicted molar refractivity (Wildman–Crippen MR) is 113 cm³/mol. The zero-order valence-electron chi connectivity index (χ0n) is 16.2. The Kier molecular flexibility index (Phi) is 6.90. The number of hydrogen-bond donors (Lipinski definition) is 3. The van der Waals surface area contributed by atoms with Crippen LogP contribution in [0, 0.1) is 0 Å². The van der Waals surface area contributed by atoms with E-state index in [1.54, 1.807) is 0 Å². The molecule has 154 valence electrons. The molecule has 0 saturated carbocycles. The molecular formula is C21H24N2O5S. The van der Waals surface area contributed by atoms with E-state index in [2.05, 4.69) is 40.8 Å². The Morgan fingerprint density at radius 3 is 2.59 bits per heavy atom. The van der Waals surface area contributed by atoms with Crippen LogP contribution in [0.5, 0.6) is 5.75 Å². The standard InChI is InChI=1S/C17H20N2OS.C4H4O4/c1-19-8-9-20-14-11-12-4-6-18-7-5-13(12)16(17(14)19)15-3-2-10-21-15;5-3(6)1-2-4(7)8/h2-3,10-11,18H,4-9H2,1H3;1-2H,(H,5,6)(H,7,8)/b;2-1+. The van der Waals surface area contributed by atoms with E-state index < -0.39 is 11.9 Å². The van der Waals surface area contributed by atoms with Crippen LogP contribution in [0.25, 0.3) is 10.4 Å². The van der Waals surface area contributed by atoms with Gasteiger partial charge >= 0.3 is 11.9 Å². The lowest BCUT2D eigenvalue weighted by molar-refractivity contribution is -0.134. The minimum absolute atomic E-state index is 0.558. The van der Waals surface area contributed by atoms with E-state index in [9.17, 15) is 9.59 Å². The van der Waals surface area contributed by atoms with E-state index in [-0.39, 0.29) is 0 Å². The molecule has 8 heteroatoms. The number of carboxylic acid groups (broad SMARTS) is 2. The molecule has 0 saturated heterocycles. The number of carbonyl (C=O) groups is 2. The molecule has 0 aliphatic carbocycles. The lowest BCUT2D eigenvalue weighted by Gasteiger charge is -2.32. The number of ether oxygens (including phenoxy) is 1. The number of anilines is 1. The first-order valence-electron chi connectivity index (χ1n) is 9.38. The van der Waals surface area contributed by atoms with Crippen molar-refractivity contribution in [2.45, 2.75) is 12.8 Å². The number of nitrogens with one attached hydrogen (secondary N) is 1. The number of thiophene rings is 1. The second-order valence-electron chi connectivity index (χ2n) is 6.74. The maximum atomic E-state index is 9.55. The molecule has 2 aliphatic rings. The fourth-order valence-electron chi connectivity index (χ4n) is 3.53. The highest BCUT2D eigenvalue weighted by Crippen LogP contribution is 2.46. The summed E-state index contributed by atoms with van der Waals surface area (Å²) in [5, 5.41) is 21.3. The van der Waals surface area contributed by atoms with Gasteiger partial charge < -0.3 is 25.2 Å². The van der Waals surface area contributed by atoms with Gasteiger partial charge in [0, 0.05) is 29.6 Å². The molecule has 0 unspecified atom stereocenters. The molecule has 0 atom stereocenters. The molecule has 2 aromatic rings. The Labute approximate surface area is 173 Å². The van der Waals surface area contributed by atoms with E-state index in [4.69, 9.17) is 14.9 Å². The van der Waals surface area contributed by atoms with Gasteiger partial charge in [0.15, 0.2) is 0 Å². The fraction of sp³-hybridized carbons (Fsp3) is 0.333. The Morgan fingerprint density at radius 1 is 1.21 bits per heavy atom. The summed E-state index contributed by atoms with van der Waals surface area (Å²) in [4.78, 5) is 22.8. The van der Waals surface area contributed by atoms with Crippen molar-refractivity contribution >= 4 is 29.0 Å². The van der Waals surface area contributed by atoms with Crippen LogP contribution < -0.4 is 15.0 Å². The molecule has 7 nitrogen and oxygen atoms in total. The van der Waals surface area contributed by atoms with Gasteiger partial charge in [-0.05, 0) is 54.6 Å². The second-order valence-corrected chi connectivity index (χ2v) is 7.69. The molecule has 0 fully saturated rings. The Morgan fingerprint density at radius 2 is 1.93 bits per heavy atom. The van der Waals surface area contributed by atoms with Gasteiger partial charge in [0.1, 0.15) is 12.4 Å². The number of hydrogen-bond acceptors (Lipinski definition) is 6. The first kappa shape index (κ1) is 20.9. The van der Waals surface area contributed by atoms with Crippen LogP contribution in [0.15, 0.2) is 35.7 Å². The molecule has 4 rings (SSSR count). The van der Waals surface area contributed by atoms with Crippen molar-refractivity contribution in [2.24, 2.45) is 0 Å². The molecule has 0 radical (unpaired) electrons. The number of nitrogens with zero attached hydrogens (tertiary/aromatic N) is 1. The van der Waals surface area contributed by atoms with E-state index in [1.807, 2.05) is 11.3 Å². The molecule has 1 aromatic heterocycles. The van der Waals surface area contributed by atoms with Crippen LogP contribution in [0.3, 0.4) is 0 Å². The van der Waals surface area contributed by atoms with E-state index in [0.29, 0.717) is 12.2 Å². The van der Waals surface area contributed by atoms with Gasteiger partial charge in [-0.2, -0.15) is 0 Å². The summed E-state index contributed by atoms with van der Waals surface area (Å²) in [5.74, 6) is -1.45. The SMILES string of the molecule is CN1CCOc2cc3c(c(-c4cccs4)c21)CCNCC3.O=C(O)/C=C/C(=O)O. The summed E-state index contributed by atoms with van der Waals surface area (Å²) in [5.41, 5.74) is 5.66. The van der Waals surface area contributed by atoms with Gasteiger partial charge in [-0.1, -0.05) is 6.07 Å². The maximum Gasteiger partial charge on any atom is 0.328 e. The number of rotatable bonds is 3. The van der Waals surface area contributed by atoms with E-state index in [1.165, 1.54) is 27.3 Å². The molecule has 1 aromatic carbocycles. The molecule has 3 heterocycles. The van der Waals surface area contributed by atoms with Gasteiger partial charge in [0.2, 0.25) is 0 Å². The van der Waals surface area contributed by atoms with Gasteiger partial charge in [0.05, 0.1) is 12.2 Å². The number of aliphatic carboxylic acids is 2. The lowest BCUT2D eigenvalue weighted by Crippen LogP contribution is -2.30. The van der Waals surface area contributed by atoms with E-state index in [0.717, 1.165) is 44.8 Å². The molecule has 0 amide bonds. The summed E-state index contributed by atoms with van der Waals surface area (Å²) in [6.07, 6.45) is 3.31. The third kappa shape index (κ3) is 5.16. The monoisotopic (exact) mass is 416 g/mol. The van der Waals surface area contributed by atoms with Crippen molar-refractivity contribution in [1.29, 1.82) is 0 Å². The molecule has 29 heavy (non-hydrogen) atoms. The highest BCUT2D eigenvalue weighted by molar-refractivity contribution is 7.13. The largest absolute Gasteiger partial charge is 0.490 e. The zero-order valence-corrected chi connectivity index (χ0v) is 17.0. The highest BCUT2D eigenvalue weighted by Gasteiger charge is 2.26. The lowest BCUT2D eigenvalue weighted by atomic mass is 9.93. The average molecular weight is 416 g/mol. The van der Waals surface area contributed by atoms with Crippen LogP contribution >= 0.6 is 11.3 Å². The van der Waals surface area contributed by atoms with Gasteiger partial charge in [-0.15, -0.1) is 11.3 Å². The topological polar surface area (TPSA) is 99.1 Å². The first-order chi connectivity index (χ1) is 14.0. The summed E-state index contributed by atoms with van der Waals surface area (Å²) < 4.78 is 5.98. The number of fused-ring (bicyclic) bond motifs is 2. The van der Waals surface area contributed by atoms with Gasteiger partial charge in [-0.3, -0.25) is 0 Å². The van der Waals surface area contributed by atoms with Crippen LogP contribution in [0.1, 0.15) is 11.1 Å². The summed E-state index contributed by atoms with van der Waals surface area (Å²) >= 11 is 1.83. The summed E-state index contributed by atoms with van der Waals surface area (Å²) in [7, 11) is 2.18. The third-order valence-electron chi connectivity index (χ3n) is 4.79. The smallest absolute Gasteiger partial charge is 0.328 e. The van der Waals surface area contributed by atoms with Crippen LogP contribution in [0.4, 0.5) is 5.69 Å². The van der Waals surface area contributed by atoms with Crippen molar-refractivity contribution in [2.75, 3.05) is 38.2 Å². The van der Waals surface area contributed by atoms with Crippen molar-refractivity contribution in [1.82, 2.24) is 5.32 Å². The molecular weight excluding hydrogens is 392 g/mol. The van der Waals surface area contributed by atoms with Crippen molar-refractivity contribution in [3.05, 3.63) is 46.9 Å². The van der Waals surface area contributed by atoms with Crippen LogP contribution in [-0.2, 0) is 22.4 Å². The Hall–Kier alpha value is -2.84. The molecule has 0 spiro atoms. The van der Waals surface area contributed by atoms with Crippen molar-refractivity contribution < 1.29 is 24.5 Å². The quantitative estimate of drug-likeness (QED) is 0.662. The van der Waals surface area contributed by atoms with Crippen LogP contribution in [0.2, 0.25) is 0 Å². The second kappa shape index (κ2) is 9.58. The van der Waals surface area contributed by atoms with Gasteiger partial charge in [0.25, 0.3) is 0 Å². The molecule has 3 N–H and O–H groups in total. The highest BCUT2D eigenvalue weighted by atomic mass is 32.1. The predicted octanol–water partition coefficient (Wildman–Crippen LogP) is 2.64. The van der Waals surface area contributed by atoms with Crippen molar-refractivity contribution in [3.8, 4) is 16.2 Å². The number of likely N-dealkylation sites (N-methyl/N-ethyl adjacent to an activating group) is 1. The Balaban J connectivity index is 0.000000258. The third-order valence-corrected chi connectivity index (χ3v) is 5.68. The van der Waals surface area contributed by atoms with Crippen molar-refractivity contribution in [3.63, 3.8) is 0 Å². The summed E-state index contributed by atoms with van der Waals surface area (Å²) in [6, 6.07) is 6.66. The minimum Gasteiger partial charge on any atom is -0.490 e. The fourth-order valence-corrected chi connectivity index (χ4v) is 4.33. The molecule has 2 aliphatic heterocycles. The minimum atomic E-state index is -1.26. The number of carboxylic acids is 2. The number of benzene rings is 1. The Bertz CT molecular complexity index is 892. The normalized spacial score (nSPS) is 15.4. The van der Waals surface area contributed by atoms with E-state index >= 15 is 0 Å².